The molecule has 3 amide bonds. The Kier molecular flexibility index (Phi) is 19.8. The molecule has 1 rings (SSSR count). The van der Waals surface area contributed by atoms with Crippen LogP contribution in [0, 0.1) is 5.92 Å². The number of amides is 3. The Morgan fingerprint density at radius 1 is 0.905 bits per heavy atom. The van der Waals surface area contributed by atoms with Crippen molar-refractivity contribution in [2.24, 2.45) is 11.7 Å². The monoisotopic (exact) mass is 597 g/mol. The van der Waals surface area contributed by atoms with Gasteiger partial charge in [-0.2, -0.15) is 0 Å². The van der Waals surface area contributed by atoms with Crippen molar-refractivity contribution < 1.29 is 33.4 Å². The first-order valence-electron chi connectivity index (χ1n) is 14.9. The molecule has 240 valence electrons. The van der Waals surface area contributed by atoms with Crippen molar-refractivity contribution in [2.75, 3.05) is 39.5 Å². The fourth-order valence-corrected chi connectivity index (χ4v) is 3.63. The SMILES string of the molecule is CC(C)NCCOCCOCCC(=O)N[C@@H](CCCCNC(=O)CCCCn1cc(COC(=O)C(C)C)nn1)C(N)=O. The third kappa shape index (κ3) is 19.1. The molecule has 0 aromatic carbocycles. The maximum absolute atomic E-state index is 12.1. The van der Waals surface area contributed by atoms with Crippen LogP contribution in [0.5, 0.6) is 0 Å². The lowest BCUT2D eigenvalue weighted by molar-refractivity contribution is -0.148. The standard InChI is InChI=1S/C28H51N7O7/c1-21(2)28(39)42-20-23-19-35(34-33-23)14-8-6-10-25(36)31-12-7-5-9-24(27(29)38)32-26(37)11-15-40-17-18-41-16-13-30-22(3)4/h19,21-22,24,30H,5-18,20H2,1-4H3,(H2,29,38)(H,31,36)(H,32,37)/t24-/m0/s1. The maximum Gasteiger partial charge on any atom is 0.308 e. The van der Waals surface area contributed by atoms with E-state index in [1.165, 1.54) is 0 Å². The number of carbonyl (C=O) groups is 4. The zero-order valence-corrected chi connectivity index (χ0v) is 25.7. The molecular formula is C28H51N7O7. The second kappa shape index (κ2) is 22.5. The molecule has 1 atom stereocenters. The lowest BCUT2D eigenvalue weighted by atomic mass is 10.1. The number of ether oxygens (including phenoxy) is 3. The van der Waals surface area contributed by atoms with Crippen molar-refractivity contribution in [3.05, 3.63) is 11.9 Å². The first kappa shape index (κ1) is 36.9. The maximum atomic E-state index is 12.1. The van der Waals surface area contributed by atoms with Crippen LogP contribution in [-0.2, 0) is 46.5 Å². The Balaban J connectivity index is 2.07. The van der Waals surface area contributed by atoms with Crippen molar-refractivity contribution >= 4 is 23.7 Å². The van der Waals surface area contributed by atoms with Gasteiger partial charge < -0.3 is 35.9 Å². The first-order valence-corrected chi connectivity index (χ1v) is 14.9. The summed E-state index contributed by atoms with van der Waals surface area (Å²) >= 11 is 0. The molecule has 5 N–H and O–H groups in total. The van der Waals surface area contributed by atoms with Gasteiger partial charge in [-0.15, -0.1) is 5.10 Å². The summed E-state index contributed by atoms with van der Waals surface area (Å²) in [5.41, 5.74) is 6.02. The van der Waals surface area contributed by atoms with Crippen molar-refractivity contribution in [1.82, 2.24) is 30.9 Å². The predicted molar refractivity (Wildman–Crippen MR) is 156 cm³/mol. The number of nitrogens with one attached hydrogen (secondary N) is 3. The van der Waals surface area contributed by atoms with Gasteiger partial charge in [-0.05, 0) is 32.1 Å². The van der Waals surface area contributed by atoms with Crippen molar-refractivity contribution in [3.8, 4) is 0 Å². The number of hydrogen-bond donors (Lipinski definition) is 4. The minimum Gasteiger partial charge on any atom is -0.459 e. The molecule has 1 heterocycles. The molecule has 14 nitrogen and oxygen atoms in total. The average molecular weight is 598 g/mol. The summed E-state index contributed by atoms with van der Waals surface area (Å²) < 4.78 is 17.6. The number of nitrogens with two attached hydrogens (primary N) is 1. The van der Waals surface area contributed by atoms with E-state index in [1.54, 1.807) is 24.7 Å². The normalized spacial score (nSPS) is 12.0. The highest BCUT2D eigenvalue weighted by Crippen LogP contribution is 2.05. The number of carbonyl (C=O) groups excluding carboxylic acids is 4. The summed E-state index contributed by atoms with van der Waals surface area (Å²) in [6, 6.07) is -0.343. The van der Waals surface area contributed by atoms with E-state index < -0.39 is 11.9 Å². The topological polar surface area (TPSA) is 189 Å². The average Bonchev–Trinajstić information content (AvgIpc) is 3.39. The van der Waals surface area contributed by atoms with Crippen molar-refractivity contribution in [2.45, 2.75) is 97.9 Å². The molecule has 1 aromatic heterocycles. The summed E-state index contributed by atoms with van der Waals surface area (Å²) in [6.45, 7) is 11.3. The molecule has 0 aliphatic rings. The Bertz CT molecular complexity index is 924. The third-order valence-electron chi connectivity index (χ3n) is 6.03. The fourth-order valence-electron chi connectivity index (χ4n) is 3.63. The minimum atomic E-state index is -0.760. The van der Waals surface area contributed by atoms with Gasteiger partial charge in [0.25, 0.3) is 0 Å². The van der Waals surface area contributed by atoms with E-state index in [9.17, 15) is 19.2 Å². The minimum absolute atomic E-state index is 0.0488. The number of unbranched alkanes of at least 4 members (excludes halogenated alkanes) is 2. The number of aryl methyl sites for hydroxylation is 1. The summed E-state index contributed by atoms with van der Waals surface area (Å²) in [5.74, 6) is -1.41. The predicted octanol–water partition coefficient (Wildman–Crippen LogP) is 0.826. The van der Waals surface area contributed by atoms with Gasteiger partial charge in [0.15, 0.2) is 0 Å². The number of nitrogens with zero attached hydrogens (tertiary/aromatic N) is 3. The highest BCUT2D eigenvalue weighted by atomic mass is 16.5. The van der Waals surface area contributed by atoms with Crippen LogP contribution in [0.2, 0.25) is 0 Å². The van der Waals surface area contributed by atoms with Gasteiger partial charge in [-0.1, -0.05) is 32.9 Å². The molecule has 0 aliphatic heterocycles. The van der Waals surface area contributed by atoms with E-state index in [1.807, 2.05) is 0 Å². The summed E-state index contributed by atoms with van der Waals surface area (Å²) in [5, 5.41) is 16.8. The number of aromatic nitrogens is 3. The second-order valence-corrected chi connectivity index (χ2v) is 10.6. The highest BCUT2D eigenvalue weighted by Gasteiger charge is 2.17. The van der Waals surface area contributed by atoms with Crippen LogP contribution >= 0.6 is 0 Å². The van der Waals surface area contributed by atoms with Gasteiger partial charge in [0.05, 0.1) is 38.5 Å². The van der Waals surface area contributed by atoms with Crippen LogP contribution in [-0.4, -0.2) is 90.3 Å². The second-order valence-electron chi connectivity index (χ2n) is 10.6. The van der Waals surface area contributed by atoms with Crippen molar-refractivity contribution in [1.29, 1.82) is 0 Å². The van der Waals surface area contributed by atoms with E-state index in [0.29, 0.717) is 76.8 Å². The molecule has 0 aliphatic carbocycles. The number of hydrogen-bond acceptors (Lipinski definition) is 10. The van der Waals surface area contributed by atoms with Crippen LogP contribution < -0.4 is 21.7 Å². The van der Waals surface area contributed by atoms with Gasteiger partial charge in [-0.3, -0.25) is 23.9 Å². The molecular weight excluding hydrogens is 546 g/mol. The van der Waals surface area contributed by atoms with E-state index in [-0.39, 0.29) is 43.3 Å². The van der Waals surface area contributed by atoms with Gasteiger partial charge in [-0.25, -0.2) is 0 Å². The van der Waals surface area contributed by atoms with Crippen LogP contribution in [0.3, 0.4) is 0 Å². The molecule has 42 heavy (non-hydrogen) atoms. The van der Waals surface area contributed by atoms with Gasteiger partial charge in [0.1, 0.15) is 18.3 Å². The Hall–Kier alpha value is -3.10. The molecule has 0 radical (unpaired) electrons. The van der Waals surface area contributed by atoms with E-state index in [0.717, 1.165) is 13.0 Å². The van der Waals surface area contributed by atoms with E-state index in [2.05, 4.69) is 40.1 Å². The Labute approximate surface area is 249 Å². The fraction of sp³-hybridized carbons (Fsp3) is 0.786. The lowest BCUT2D eigenvalue weighted by Gasteiger charge is -2.15. The number of rotatable bonds is 25. The molecule has 0 saturated heterocycles. The van der Waals surface area contributed by atoms with Gasteiger partial charge in [0, 0.05) is 38.5 Å². The van der Waals surface area contributed by atoms with Crippen LogP contribution in [0.1, 0.15) is 78.3 Å². The molecule has 0 fully saturated rings. The van der Waals surface area contributed by atoms with Crippen molar-refractivity contribution in [3.63, 3.8) is 0 Å². The molecule has 0 saturated carbocycles. The van der Waals surface area contributed by atoms with Crippen LogP contribution in [0.4, 0.5) is 0 Å². The van der Waals surface area contributed by atoms with E-state index >= 15 is 0 Å². The first-order chi connectivity index (χ1) is 20.1. The Morgan fingerprint density at radius 2 is 1.64 bits per heavy atom. The van der Waals surface area contributed by atoms with Crippen LogP contribution in [0.25, 0.3) is 0 Å². The lowest BCUT2D eigenvalue weighted by Crippen LogP contribution is -2.44. The van der Waals surface area contributed by atoms with E-state index in [4.69, 9.17) is 19.9 Å². The zero-order valence-electron chi connectivity index (χ0n) is 25.7. The van der Waals surface area contributed by atoms with Crippen LogP contribution in [0.15, 0.2) is 6.20 Å². The zero-order chi connectivity index (χ0) is 31.2. The summed E-state index contributed by atoms with van der Waals surface area (Å²) in [7, 11) is 0. The molecule has 14 heteroatoms. The Morgan fingerprint density at radius 3 is 2.33 bits per heavy atom. The highest BCUT2D eigenvalue weighted by molar-refractivity contribution is 5.86. The summed E-state index contributed by atoms with van der Waals surface area (Å²) in [6.07, 6.45) is 5.35. The summed E-state index contributed by atoms with van der Waals surface area (Å²) in [4.78, 5) is 47.5. The molecule has 0 unspecified atom stereocenters. The third-order valence-corrected chi connectivity index (χ3v) is 6.03. The molecule has 0 bridgehead atoms. The molecule has 1 aromatic rings. The molecule has 0 spiro atoms. The quantitative estimate of drug-likeness (QED) is 0.0928. The van der Waals surface area contributed by atoms with Gasteiger partial charge >= 0.3 is 5.97 Å². The number of primary amides is 1. The van der Waals surface area contributed by atoms with Gasteiger partial charge in [0.2, 0.25) is 17.7 Å². The smallest absolute Gasteiger partial charge is 0.308 e. The largest absolute Gasteiger partial charge is 0.459 e. The number of esters is 1.